The molecule has 1 saturated heterocycles. The Morgan fingerprint density at radius 1 is 1.16 bits per heavy atom. The number of hydrogen-bond donors (Lipinski definition) is 2. The van der Waals surface area contributed by atoms with E-state index in [1.54, 1.807) is 31.2 Å². The van der Waals surface area contributed by atoms with Crippen LogP contribution in [0, 0.1) is 5.82 Å². The van der Waals surface area contributed by atoms with Crippen LogP contribution in [-0.4, -0.2) is 51.9 Å². The molecule has 3 amide bonds. The standard InChI is InChI=1S/C22H23FN4O4S/c1-3-26-21(30)18(13-19(28)24-16-9-6-10-17(12-16)31-4-2)27(22(26)32)25-20(29)14-7-5-8-15(23)11-14/h5-12,18H,3-4,13H2,1-2H3,(H,24,28)(H,25,29)/t18-/m0/s1. The molecule has 10 heteroatoms. The third kappa shape index (κ3) is 5.20. The van der Waals surface area contributed by atoms with E-state index in [0.29, 0.717) is 18.0 Å². The molecule has 1 aliphatic rings. The second-order valence-electron chi connectivity index (χ2n) is 6.92. The van der Waals surface area contributed by atoms with Crippen LogP contribution < -0.4 is 15.5 Å². The van der Waals surface area contributed by atoms with Gasteiger partial charge in [0.25, 0.3) is 11.8 Å². The van der Waals surface area contributed by atoms with E-state index in [-0.39, 0.29) is 23.6 Å². The lowest BCUT2D eigenvalue weighted by atomic mass is 10.1. The zero-order valence-electron chi connectivity index (χ0n) is 17.6. The summed E-state index contributed by atoms with van der Waals surface area (Å²) in [7, 11) is 0. The number of nitrogens with one attached hydrogen (secondary N) is 2. The van der Waals surface area contributed by atoms with Gasteiger partial charge in [0.2, 0.25) is 5.91 Å². The number of ether oxygens (including phenoxy) is 1. The number of rotatable bonds is 8. The largest absolute Gasteiger partial charge is 0.494 e. The number of halogens is 1. The monoisotopic (exact) mass is 458 g/mol. The van der Waals surface area contributed by atoms with Crippen molar-refractivity contribution in [2.75, 3.05) is 18.5 Å². The highest BCUT2D eigenvalue weighted by molar-refractivity contribution is 7.80. The molecule has 2 aromatic carbocycles. The topological polar surface area (TPSA) is 91.0 Å². The van der Waals surface area contributed by atoms with E-state index in [1.807, 2.05) is 6.92 Å². The highest BCUT2D eigenvalue weighted by atomic mass is 32.1. The first-order valence-corrected chi connectivity index (χ1v) is 10.5. The maximum Gasteiger partial charge on any atom is 0.269 e. The van der Waals surface area contributed by atoms with Gasteiger partial charge in [-0.1, -0.05) is 12.1 Å². The normalized spacial score (nSPS) is 15.7. The van der Waals surface area contributed by atoms with Gasteiger partial charge >= 0.3 is 0 Å². The Balaban J connectivity index is 1.75. The number of hydrazine groups is 1. The molecule has 1 fully saturated rings. The average Bonchev–Trinajstić information content (AvgIpc) is 2.97. The third-order valence-corrected chi connectivity index (χ3v) is 5.15. The predicted molar refractivity (Wildman–Crippen MR) is 120 cm³/mol. The Hall–Kier alpha value is -3.53. The molecule has 0 spiro atoms. The van der Waals surface area contributed by atoms with Crippen molar-refractivity contribution in [2.45, 2.75) is 26.3 Å². The Morgan fingerprint density at radius 2 is 1.91 bits per heavy atom. The van der Waals surface area contributed by atoms with E-state index in [9.17, 15) is 18.8 Å². The fourth-order valence-corrected chi connectivity index (χ4v) is 3.66. The van der Waals surface area contributed by atoms with Gasteiger partial charge in [-0.3, -0.25) is 24.7 Å². The summed E-state index contributed by atoms with van der Waals surface area (Å²) in [6, 6.07) is 11.0. The molecule has 1 heterocycles. The Morgan fingerprint density at radius 3 is 2.59 bits per heavy atom. The first-order valence-electron chi connectivity index (χ1n) is 10.1. The number of benzene rings is 2. The molecule has 32 heavy (non-hydrogen) atoms. The van der Waals surface area contributed by atoms with Gasteiger partial charge in [-0.2, -0.15) is 0 Å². The Labute approximate surface area is 190 Å². The van der Waals surface area contributed by atoms with Crippen molar-refractivity contribution in [3.63, 3.8) is 0 Å². The van der Waals surface area contributed by atoms with Crippen LogP contribution in [0.3, 0.4) is 0 Å². The lowest BCUT2D eigenvalue weighted by molar-refractivity contribution is -0.130. The quantitative estimate of drug-likeness (QED) is 0.591. The van der Waals surface area contributed by atoms with Gasteiger partial charge in [-0.15, -0.1) is 0 Å². The smallest absolute Gasteiger partial charge is 0.269 e. The lowest BCUT2D eigenvalue weighted by Crippen LogP contribution is -2.49. The summed E-state index contributed by atoms with van der Waals surface area (Å²) >= 11 is 5.33. The molecule has 1 aliphatic heterocycles. The molecule has 168 valence electrons. The third-order valence-electron chi connectivity index (χ3n) is 4.73. The van der Waals surface area contributed by atoms with Crippen molar-refractivity contribution < 1.29 is 23.5 Å². The molecule has 0 radical (unpaired) electrons. The first kappa shape index (κ1) is 23.1. The molecule has 0 aromatic heterocycles. The van der Waals surface area contributed by atoms with Crippen LogP contribution in [0.5, 0.6) is 5.75 Å². The molecule has 2 N–H and O–H groups in total. The van der Waals surface area contributed by atoms with Crippen molar-refractivity contribution in [3.8, 4) is 5.75 Å². The molecular formula is C22H23FN4O4S. The minimum Gasteiger partial charge on any atom is -0.494 e. The highest BCUT2D eigenvalue weighted by Gasteiger charge is 2.43. The van der Waals surface area contributed by atoms with E-state index in [2.05, 4.69) is 10.7 Å². The van der Waals surface area contributed by atoms with Crippen LogP contribution in [-0.2, 0) is 9.59 Å². The number of likely N-dealkylation sites (N-methyl/N-ethyl adjacent to an activating group) is 1. The summed E-state index contributed by atoms with van der Waals surface area (Å²) in [4.78, 5) is 39.4. The summed E-state index contributed by atoms with van der Waals surface area (Å²) in [5.41, 5.74) is 3.11. The van der Waals surface area contributed by atoms with Gasteiger partial charge < -0.3 is 10.1 Å². The van der Waals surface area contributed by atoms with E-state index >= 15 is 0 Å². The van der Waals surface area contributed by atoms with Gasteiger partial charge in [0.1, 0.15) is 17.6 Å². The van der Waals surface area contributed by atoms with Crippen LogP contribution >= 0.6 is 12.2 Å². The van der Waals surface area contributed by atoms with Crippen molar-refractivity contribution in [2.24, 2.45) is 0 Å². The maximum absolute atomic E-state index is 13.5. The SMILES string of the molecule is CCOc1cccc(NC(=O)C[C@H]2C(=O)N(CC)C(=S)N2NC(=O)c2cccc(F)c2)c1. The highest BCUT2D eigenvalue weighted by Crippen LogP contribution is 2.21. The fraction of sp³-hybridized carbons (Fsp3) is 0.273. The van der Waals surface area contributed by atoms with Crippen LogP contribution in [0.1, 0.15) is 30.6 Å². The second kappa shape index (κ2) is 10.2. The molecular weight excluding hydrogens is 435 g/mol. The number of anilines is 1. The second-order valence-corrected chi connectivity index (χ2v) is 7.28. The van der Waals surface area contributed by atoms with Crippen LogP contribution in [0.2, 0.25) is 0 Å². The van der Waals surface area contributed by atoms with E-state index in [4.69, 9.17) is 17.0 Å². The summed E-state index contributed by atoms with van der Waals surface area (Å²) in [6.07, 6.45) is -0.252. The first-order chi connectivity index (χ1) is 15.3. The molecule has 1 atom stereocenters. The minimum absolute atomic E-state index is 0.0612. The minimum atomic E-state index is -1.03. The van der Waals surface area contributed by atoms with Crippen molar-refractivity contribution in [1.29, 1.82) is 0 Å². The summed E-state index contributed by atoms with van der Waals surface area (Å²) < 4.78 is 18.9. The number of amides is 3. The van der Waals surface area contributed by atoms with Crippen LogP contribution in [0.4, 0.5) is 10.1 Å². The summed E-state index contributed by atoms with van der Waals surface area (Å²) in [5.74, 6) is -1.46. The zero-order chi connectivity index (χ0) is 23.3. The molecule has 0 saturated carbocycles. The van der Waals surface area contributed by atoms with Gasteiger partial charge in [-0.05, 0) is 56.4 Å². The van der Waals surface area contributed by atoms with Crippen LogP contribution in [0.15, 0.2) is 48.5 Å². The number of thiocarbonyl (C=S) groups is 1. The molecule has 0 unspecified atom stereocenters. The van der Waals surface area contributed by atoms with Crippen LogP contribution in [0.25, 0.3) is 0 Å². The van der Waals surface area contributed by atoms with E-state index in [1.165, 1.54) is 28.1 Å². The molecule has 2 aromatic rings. The molecule has 0 bridgehead atoms. The van der Waals surface area contributed by atoms with E-state index < -0.39 is 29.6 Å². The fourth-order valence-electron chi connectivity index (χ4n) is 3.26. The Bertz CT molecular complexity index is 1050. The molecule has 0 aliphatic carbocycles. The average molecular weight is 459 g/mol. The van der Waals surface area contributed by atoms with Crippen molar-refractivity contribution in [1.82, 2.24) is 15.3 Å². The van der Waals surface area contributed by atoms with Gasteiger partial charge in [0, 0.05) is 23.9 Å². The number of hydrogen-bond acceptors (Lipinski definition) is 5. The van der Waals surface area contributed by atoms with Crippen molar-refractivity contribution in [3.05, 3.63) is 59.9 Å². The maximum atomic E-state index is 13.5. The van der Waals surface area contributed by atoms with Gasteiger partial charge in [0.15, 0.2) is 5.11 Å². The number of carbonyl (C=O) groups excluding carboxylic acids is 3. The summed E-state index contributed by atoms with van der Waals surface area (Å²) in [6.45, 7) is 4.35. The number of nitrogens with zero attached hydrogens (tertiary/aromatic N) is 2. The summed E-state index contributed by atoms with van der Waals surface area (Å²) in [5, 5.41) is 3.98. The van der Waals surface area contributed by atoms with Crippen molar-refractivity contribution >= 4 is 40.7 Å². The zero-order valence-corrected chi connectivity index (χ0v) is 18.4. The predicted octanol–water partition coefficient (Wildman–Crippen LogP) is 2.72. The molecule has 3 rings (SSSR count). The Kier molecular flexibility index (Phi) is 7.37. The van der Waals surface area contributed by atoms with Gasteiger partial charge in [-0.25, -0.2) is 9.40 Å². The molecule has 8 nitrogen and oxygen atoms in total. The number of carbonyl (C=O) groups is 3. The van der Waals surface area contributed by atoms with E-state index in [0.717, 1.165) is 6.07 Å². The lowest BCUT2D eigenvalue weighted by Gasteiger charge is -2.24. The van der Waals surface area contributed by atoms with Gasteiger partial charge in [0.05, 0.1) is 13.0 Å².